The van der Waals surface area contributed by atoms with Gasteiger partial charge in [-0.1, -0.05) is 0 Å². The third kappa shape index (κ3) is 10.7. The molecule has 2 saturated carbocycles. The number of methoxy groups -OCH3 is 2. The number of hydrogen-bond acceptors (Lipinski definition) is 11. The van der Waals surface area contributed by atoms with Crippen LogP contribution in [0.5, 0.6) is 0 Å². The van der Waals surface area contributed by atoms with Gasteiger partial charge in [-0.15, -0.1) is 11.6 Å². The maximum absolute atomic E-state index is 15.6. The van der Waals surface area contributed by atoms with Crippen LogP contribution >= 0.6 is 11.6 Å². The van der Waals surface area contributed by atoms with Crippen LogP contribution in [0, 0.1) is 11.8 Å². The van der Waals surface area contributed by atoms with Crippen molar-refractivity contribution in [3.8, 4) is 0 Å². The van der Waals surface area contributed by atoms with Gasteiger partial charge in [-0.2, -0.15) is 26.3 Å². The first-order chi connectivity index (χ1) is 32.0. The molecule has 0 bridgehead atoms. The summed E-state index contributed by atoms with van der Waals surface area (Å²) < 4.78 is 183. The Bertz CT molecular complexity index is 2450. The monoisotopic (exact) mass is 1000 g/mol. The summed E-state index contributed by atoms with van der Waals surface area (Å²) in [5, 5.41) is -0.374. The smallest absolute Gasteiger partial charge is 0.416 e. The number of amides is 1. The highest BCUT2D eigenvalue weighted by Gasteiger charge is 2.51. The van der Waals surface area contributed by atoms with E-state index in [9.17, 15) is 40.7 Å². The number of nitrogens with zero attached hydrogens (tertiary/aromatic N) is 1. The van der Waals surface area contributed by atoms with Gasteiger partial charge in [0.15, 0.2) is 11.6 Å². The van der Waals surface area contributed by atoms with E-state index in [2.05, 4.69) is 9.47 Å². The first-order valence-electron chi connectivity index (χ1n) is 21.6. The van der Waals surface area contributed by atoms with Crippen LogP contribution in [0.2, 0.25) is 0 Å². The van der Waals surface area contributed by atoms with Gasteiger partial charge in [0.25, 0.3) is 11.8 Å². The largest absolute Gasteiger partial charge is 0.463 e. The first-order valence-corrected chi connectivity index (χ1v) is 22.1. The second kappa shape index (κ2) is 19.6. The summed E-state index contributed by atoms with van der Waals surface area (Å²) in [6.07, 6.45) is -8.70. The molecule has 1 amide bonds. The number of alkyl halides is 11. The van der Waals surface area contributed by atoms with Gasteiger partial charge in [0.05, 0.1) is 58.3 Å². The summed E-state index contributed by atoms with van der Waals surface area (Å²) in [6, 6.07) is 5.00. The summed E-state index contributed by atoms with van der Waals surface area (Å²) in [7, 11) is 2.06. The Morgan fingerprint density at radius 1 is 0.647 bits per heavy atom. The Kier molecular flexibility index (Phi) is 14.8. The lowest BCUT2D eigenvalue weighted by atomic mass is 9.79. The molecule has 4 aliphatic rings. The molecular weight excluding hydrogens is 956 g/mol. The van der Waals surface area contributed by atoms with Crippen molar-refractivity contribution in [2.75, 3.05) is 58.0 Å². The molecule has 12 nitrogen and oxygen atoms in total. The highest BCUT2D eigenvalue weighted by molar-refractivity contribution is 6.30. The third-order valence-electron chi connectivity index (χ3n) is 12.9. The Labute approximate surface area is 386 Å². The van der Waals surface area contributed by atoms with Crippen LogP contribution in [0.4, 0.5) is 49.6 Å². The number of ether oxygens (including phenoxy) is 6. The molecule has 0 radical (unpaired) electrons. The fraction of sp³-hybridized carbons (Fsp3) is 0.578. The second-order valence-corrected chi connectivity index (χ2v) is 17.3. The molecule has 68 heavy (non-hydrogen) atoms. The Balaban J connectivity index is 0.000000203. The van der Waals surface area contributed by atoms with E-state index < -0.39 is 107 Å². The summed E-state index contributed by atoms with van der Waals surface area (Å²) in [5.41, 5.74) is -2.84. The van der Waals surface area contributed by atoms with E-state index in [1.165, 1.54) is 0 Å². The molecule has 0 N–H and O–H groups in total. The number of anilines is 1. The average Bonchev–Trinajstić information content (AvgIpc) is 4.12. The average molecular weight is 1000 g/mol. The third-order valence-corrected chi connectivity index (χ3v) is 13.2. The van der Waals surface area contributed by atoms with E-state index in [-0.39, 0.29) is 78.2 Å². The molecule has 2 aromatic carbocycles. The van der Waals surface area contributed by atoms with Crippen molar-refractivity contribution in [1.82, 2.24) is 0 Å². The number of carbonyl (C=O) groups excluding carboxylic acids is 3. The zero-order chi connectivity index (χ0) is 49.5. The molecule has 4 heterocycles. The summed E-state index contributed by atoms with van der Waals surface area (Å²) in [5.74, 6) is -15.2. The molecule has 2 saturated heterocycles. The van der Waals surface area contributed by atoms with E-state index in [0.717, 1.165) is 38.5 Å². The zero-order valence-electron chi connectivity index (χ0n) is 36.5. The van der Waals surface area contributed by atoms with Gasteiger partial charge in [-0.05, 0) is 68.5 Å². The van der Waals surface area contributed by atoms with Crippen molar-refractivity contribution < 1.29 is 95.5 Å². The maximum Gasteiger partial charge on any atom is 0.416 e. The summed E-state index contributed by atoms with van der Waals surface area (Å²) in [4.78, 5) is 37.8. The van der Waals surface area contributed by atoms with Crippen LogP contribution in [0.25, 0.3) is 21.9 Å². The van der Waals surface area contributed by atoms with Crippen molar-refractivity contribution in [3.05, 3.63) is 64.6 Å². The van der Waals surface area contributed by atoms with Crippen LogP contribution < -0.4 is 4.90 Å². The number of halogens is 11. The molecule has 0 atom stereocenters. The minimum atomic E-state index is -4.78. The van der Waals surface area contributed by atoms with Gasteiger partial charge in [0.2, 0.25) is 17.4 Å². The summed E-state index contributed by atoms with van der Waals surface area (Å²) in [6.45, 7) is 0.425. The fourth-order valence-electron chi connectivity index (χ4n) is 9.32. The molecule has 4 fully saturated rings. The molecule has 374 valence electrons. The van der Waals surface area contributed by atoms with Crippen molar-refractivity contribution in [2.45, 2.75) is 100.0 Å². The highest BCUT2D eigenvalue weighted by atomic mass is 35.5. The number of benzene rings is 2. The van der Waals surface area contributed by atoms with Gasteiger partial charge < -0.3 is 42.2 Å². The molecule has 2 spiro atoms. The lowest BCUT2D eigenvalue weighted by molar-refractivity contribution is -0.199. The first kappa shape index (κ1) is 51.2. The number of rotatable bonds is 11. The van der Waals surface area contributed by atoms with Crippen LogP contribution in [0.3, 0.4) is 0 Å². The number of fused-ring (bicyclic) bond motifs is 2. The number of carbonyl (C=O) groups is 3. The predicted octanol–water partition coefficient (Wildman–Crippen LogP) is 11.1. The number of furan rings is 2. The molecule has 2 aliphatic heterocycles. The maximum atomic E-state index is 15.6. The quantitative estimate of drug-likeness (QED) is 0.0807. The lowest BCUT2D eigenvalue weighted by Gasteiger charge is -2.39. The van der Waals surface area contributed by atoms with Gasteiger partial charge >= 0.3 is 24.3 Å². The Morgan fingerprint density at radius 2 is 1.07 bits per heavy atom. The minimum Gasteiger partial charge on any atom is -0.463 e. The molecule has 4 aromatic rings. The molecule has 0 unspecified atom stereocenters. The summed E-state index contributed by atoms with van der Waals surface area (Å²) >= 11 is 5.69. The van der Waals surface area contributed by atoms with Gasteiger partial charge in [0, 0.05) is 60.3 Å². The molecular formula is C45H46ClF10NO11. The van der Waals surface area contributed by atoms with Gasteiger partial charge in [-0.25, -0.2) is 27.2 Å². The van der Waals surface area contributed by atoms with Crippen molar-refractivity contribution in [2.24, 2.45) is 11.8 Å². The van der Waals surface area contributed by atoms with Crippen LogP contribution in [0.15, 0.2) is 45.2 Å². The van der Waals surface area contributed by atoms with Crippen LogP contribution in [-0.4, -0.2) is 94.3 Å². The van der Waals surface area contributed by atoms with E-state index >= 15 is 17.6 Å². The Hall–Kier alpha value is -4.64. The molecule has 8 rings (SSSR count). The zero-order valence-corrected chi connectivity index (χ0v) is 37.3. The number of aryl methyl sites for hydroxylation is 1. The predicted molar refractivity (Wildman–Crippen MR) is 220 cm³/mol. The van der Waals surface area contributed by atoms with Crippen molar-refractivity contribution >= 4 is 57.1 Å². The van der Waals surface area contributed by atoms with Gasteiger partial charge in [-0.3, -0.25) is 4.79 Å². The molecule has 23 heteroatoms. The number of hydrogen-bond donors (Lipinski definition) is 0. The highest BCUT2D eigenvalue weighted by Crippen LogP contribution is 2.48. The fourth-order valence-corrected chi connectivity index (χ4v) is 9.47. The van der Waals surface area contributed by atoms with Gasteiger partial charge in [0.1, 0.15) is 22.7 Å². The van der Waals surface area contributed by atoms with Crippen LogP contribution in [0.1, 0.15) is 95.6 Å². The van der Waals surface area contributed by atoms with E-state index in [1.54, 1.807) is 0 Å². The van der Waals surface area contributed by atoms with E-state index in [1.807, 2.05) is 0 Å². The van der Waals surface area contributed by atoms with E-state index in [0.29, 0.717) is 56.3 Å². The van der Waals surface area contributed by atoms with Crippen molar-refractivity contribution in [3.63, 3.8) is 0 Å². The number of esters is 2. The Morgan fingerprint density at radius 3 is 1.53 bits per heavy atom. The molecule has 2 aliphatic carbocycles. The topological polar surface area (TPSA) is 136 Å². The van der Waals surface area contributed by atoms with E-state index in [4.69, 9.17) is 39.4 Å². The minimum absolute atomic E-state index is 0.00635. The van der Waals surface area contributed by atoms with Crippen molar-refractivity contribution in [1.29, 1.82) is 0 Å². The normalized spacial score (nSPS) is 19.9. The second-order valence-electron chi connectivity index (χ2n) is 17.0. The SMILES string of the molecule is COC(=O)c1oc2ccc(C(F)(F)F)cc2c1CCC(F)(F)C1CCC2(CC1)OCCO2.COC(=O)c1oc2ccc(C(F)(F)F)cc2c1N(CC(F)(F)C1CCC2(CC1)OCCO2)C(=O)CCl. The standard InChI is InChI=1S/C23H23ClF5NO6.C22H23F5O5/c1-33-20(32)19-18(15-10-14(23(27,28)29)2-3-16(15)36-19)30(17(31)11-24)12-22(25,26)13-4-6-21(7-5-13)34-8-9-35-21;1-29-19(28)18-15(16-12-14(22(25,26)27)2-3-17(16)32-18)6-9-21(23,24)13-4-7-20(8-5-13)30-10-11-31-20/h2-3,10,13H,4-9,11-12H2,1H3;2-3,12-13H,4-11H2,1H3. The molecule has 2 aromatic heterocycles. The lowest BCUT2D eigenvalue weighted by Crippen LogP contribution is -2.48. The van der Waals surface area contributed by atoms with Crippen LogP contribution in [-0.2, 0) is 52.0 Å².